The van der Waals surface area contributed by atoms with Crippen LogP contribution in [-0.4, -0.2) is 20.0 Å². The summed E-state index contributed by atoms with van der Waals surface area (Å²) >= 11 is 0. The van der Waals surface area contributed by atoms with Crippen molar-refractivity contribution < 1.29 is 0 Å². The Balaban J connectivity index is 1.78. The van der Waals surface area contributed by atoms with Gasteiger partial charge in [0.05, 0.1) is 5.69 Å². The van der Waals surface area contributed by atoms with Crippen LogP contribution in [0.2, 0.25) is 0 Å². The SMILES string of the molecule is CCn1ccc(CNCc2ccn[nH]2)n1. The molecule has 0 radical (unpaired) electrons. The minimum absolute atomic E-state index is 0.784. The van der Waals surface area contributed by atoms with Gasteiger partial charge in [-0.1, -0.05) is 0 Å². The molecule has 80 valence electrons. The van der Waals surface area contributed by atoms with Crippen molar-refractivity contribution in [2.75, 3.05) is 0 Å². The lowest BCUT2D eigenvalue weighted by Gasteiger charge is -1.99. The number of nitrogens with zero attached hydrogens (tertiary/aromatic N) is 3. The molecule has 2 aromatic heterocycles. The van der Waals surface area contributed by atoms with E-state index in [0.29, 0.717) is 0 Å². The predicted molar refractivity (Wildman–Crippen MR) is 57.0 cm³/mol. The molecule has 0 aliphatic carbocycles. The Morgan fingerprint density at radius 3 is 3.00 bits per heavy atom. The van der Waals surface area contributed by atoms with Crippen molar-refractivity contribution in [2.24, 2.45) is 0 Å². The van der Waals surface area contributed by atoms with Crippen LogP contribution in [0.15, 0.2) is 24.5 Å². The van der Waals surface area contributed by atoms with Crippen LogP contribution < -0.4 is 5.32 Å². The molecular formula is C10H15N5. The highest BCUT2D eigenvalue weighted by atomic mass is 15.3. The average Bonchev–Trinajstić information content (AvgIpc) is 2.88. The summed E-state index contributed by atoms with van der Waals surface area (Å²) in [7, 11) is 0. The number of aromatic nitrogens is 4. The van der Waals surface area contributed by atoms with E-state index in [1.165, 1.54) is 0 Å². The van der Waals surface area contributed by atoms with Crippen molar-refractivity contribution in [3.8, 4) is 0 Å². The third kappa shape index (κ3) is 2.66. The maximum absolute atomic E-state index is 4.38. The third-order valence-electron chi connectivity index (χ3n) is 2.20. The predicted octanol–water partition coefficient (Wildman–Crippen LogP) is 0.916. The molecule has 0 aliphatic heterocycles. The van der Waals surface area contributed by atoms with Crippen LogP contribution in [0.1, 0.15) is 18.3 Å². The second-order valence-electron chi connectivity index (χ2n) is 3.35. The molecule has 2 rings (SSSR count). The van der Waals surface area contributed by atoms with Gasteiger partial charge < -0.3 is 5.32 Å². The number of hydrogen-bond acceptors (Lipinski definition) is 3. The first-order valence-corrected chi connectivity index (χ1v) is 5.10. The van der Waals surface area contributed by atoms with Gasteiger partial charge in [-0.3, -0.25) is 9.78 Å². The molecule has 0 amide bonds. The van der Waals surface area contributed by atoms with Crippen LogP contribution in [0.3, 0.4) is 0 Å². The van der Waals surface area contributed by atoms with Crippen LogP contribution in [0.4, 0.5) is 0 Å². The van der Waals surface area contributed by atoms with E-state index in [4.69, 9.17) is 0 Å². The van der Waals surface area contributed by atoms with E-state index in [0.717, 1.165) is 31.0 Å². The molecule has 0 saturated heterocycles. The molecule has 5 nitrogen and oxygen atoms in total. The Labute approximate surface area is 88.5 Å². The van der Waals surface area contributed by atoms with Crippen LogP contribution in [0.25, 0.3) is 0 Å². The summed E-state index contributed by atoms with van der Waals surface area (Å²) in [5.41, 5.74) is 2.15. The van der Waals surface area contributed by atoms with E-state index in [1.807, 2.05) is 23.0 Å². The molecular weight excluding hydrogens is 190 g/mol. The largest absolute Gasteiger partial charge is 0.305 e. The normalized spacial score (nSPS) is 10.7. The minimum Gasteiger partial charge on any atom is -0.305 e. The molecule has 0 unspecified atom stereocenters. The van der Waals surface area contributed by atoms with Crippen LogP contribution in [-0.2, 0) is 19.6 Å². The standard InChI is InChI=1S/C10H15N5/c1-2-15-6-4-10(14-15)8-11-7-9-3-5-12-13-9/h3-6,11H,2,7-8H2,1H3,(H,12,13). The zero-order valence-corrected chi connectivity index (χ0v) is 8.77. The molecule has 0 aliphatic rings. The fourth-order valence-corrected chi connectivity index (χ4v) is 1.38. The number of H-pyrrole nitrogens is 1. The number of hydrogen-bond donors (Lipinski definition) is 2. The first-order valence-electron chi connectivity index (χ1n) is 5.10. The van der Waals surface area contributed by atoms with Crippen molar-refractivity contribution in [2.45, 2.75) is 26.6 Å². The summed E-state index contributed by atoms with van der Waals surface area (Å²) in [6, 6.07) is 3.99. The third-order valence-corrected chi connectivity index (χ3v) is 2.20. The zero-order valence-electron chi connectivity index (χ0n) is 8.77. The second kappa shape index (κ2) is 4.75. The molecule has 0 bridgehead atoms. The van der Waals surface area contributed by atoms with Gasteiger partial charge in [-0.15, -0.1) is 0 Å². The summed E-state index contributed by atoms with van der Waals surface area (Å²) in [4.78, 5) is 0. The van der Waals surface area contributed by atoms with E-state index in [2.05, 4.69) is 27.5 Å². The summed E-state index contributed by atoms with van der Waals surface area (Å²) in [6.45, 7) is 4.57. The molecule has 15 heavy (non-hydrogen) atoms. The van der Waals surface area contributed by atoms with E-state index in [-0.39, 0.29) is 0 Å². The maximum Gasteiger partial charge on any atom is 0.0762 e. The summed E-state index contributed by atoms with van der Waals surface area (Å²) < 4.78 is 1.92. The maximum atomic E-state index is 4.38. The average molecular weight is 205 g/mol. The molecule has 0 aromatic carbocycles. The van der Waals surface area contributed by atoms with Gasteiger partial charge in [0.2, 0.25) is 0 Å². The highest BCUT2D eigenvalue weighted by Gasteiger charge is 1.98. The van der Waals surface area contributed by atoms with Crippen molar-refractivity contribution in [1.82, 2.24) is 25.3 Å². The van der Waals surface area contributed by atoms with Gasteiger partial charge in [0.25, 0.3) is 0 Å². The number of rotatable bonds is 5. The monoisotopic (exact) mass is 205 g/mol. The molecule has 0 atom stereocenters. The van der Waals surface area contributed by atoms with Crippen molar-refractivity contribution in [3.05, 3.63) is 35.9 Å². The fourth-order valence-electron chi connectivity index (χ4n) is 1.38. The Bertz CT molecular complexity index is 390. The quantitative estimate of drug-likeness (QED) is 0.763. The second-order valence-corrected chi connectivity index (χ2v) is 3.35. The van der Waals surface area contributed by atoms with Crippen LogP contribution in [0.5, 0.6) is 0 Å². The lowest BCUT2D eigenvalue weighted by atomic mass is 10.4. The Hall–Kier alpha value is -1.62. The van der Waals surface area contributed by atoms with Crippen molar-refractivity contribution in [3.63, 3.8) is 0 Å². The summed E-state index contributed by atoms with van der Waals surface area (Å²) in [6.07, 6.45) is 3.75. The summed E-state index contributed by atoms with van der Waals surface area (Å²) in [5.74, 6) is 0. The van der Waals surface area contributed by atoms with E-state index >= 15 is 0 Å². The Kier molecular flexibility index (Phi) is 3.14. The number of aryl methyl sites for hydroxylation is 1. The number of aromatic amines is 1. The smallest absolute Gasteiger partial charge is 0.0762 e. The first kappa shape index (κ1) is 9.92. The first-order chi connectivity index (χ1) is 7.38. The minimum atomic E-state index is 0.784. The summed E-state index contributed by atoms with van der Waals surface area (Å²) in [5, 5.41) is 14.5. The van der Waals surface area contributed by atoms with Gasteiger partial charge >= 0.3 is 0 Å². The van der Waals surface area contributed by atoms with Crippen LogP contribution in [0, 0.1) is 0 Å². The molecule has 5 heteroatoms. The lowest BCUT2D eigenvalue weighted by molar-refractivity contribution is 0.616. The van der Waals surface area contributed by atoms with Gasteiger partial charge in [-0.05, 0) is 19.1 Å². The molecule has 2 heterocycles. The number of nitrogens with one attached hydrogen (secondary N) is 2. The topological polar surface area (TPSA) is 58.5 Å². The van der Waals surface area contributed by atoms with Crippen molar-refractivity contribution in [1.29, 1.82) is 0 Å². The van der Waals surface area contributed by atoms with Gasteiger partial charge in [0.15, 0.2) is 0 Å². The van der Waals surface area contributed by atoms with Gasteiger partial charge in [-0.2, -0.15) is 10.2 Å². The Morgan fingerprint density at radius 1 is 1.40 bits per heavy atom. The van der Waals surface area contributed by atoms with Gasteiger partial charge in [0.1, 0.15) is 0 Å². The molecule has 2 N–H and O–H groups in total. The van der Waals surface area contributed by atoms with Gasteiger partial charge in [-0.25, -0.2) is 0 Å². The lowest BCUT2D eigenvalue weighted by Crippen LogP contribution is -2.13. The van der Waals surface area contributed by atoms with Crippen molar-refractivity contribution >= 4 is 0 Å². The molecule has 0 spiro atoms. The molecule has 2 aromatic rings. The molecule has 0 saturated carbocycles. The highest BCUT2D eigenvalue weighted by Crippen LogP contribution is 1.96. The highest BCUT2D eigenvalue weighted by molar-refractivity contribution is 5.00. The fraction of sp³-hybridized carbons (Fsp3) is 0.400. The molecule has 0 fully saturated rings. The van der Waals surface area contributed by atoms with Crippen LogP contribution >= 0.6 is 0 Å². The zero-order chi connectivity index (χ0) is 10.5. The van der Waals surface area contributed by atoms with Gasteiger partial charge in [0, 0.05) is 37.7 Å². The van der Waals surface area contributed by atoms with E-state index < -0.39 is 0 Å². The van der Waals surface area contributed by atoms with E-state index in [9.17, 15) is 0 Å². The van der Waals surface area contributed by atoms with E-state index in [1.54, 1.807) is 6.20 Å². The Morgan fingerprint density at radius 2 is 2.33 bits per heavy atom.